The van der Waals surface area contributed by atoms with Crippen molar-refractivity contribution in [1.29, 1.82) is 0 Å². The molecule has 20 heavy (non-hydrogen) atoms. The van der Waals surface area contributed by atoms with Crippen molar-refractivity contribution in [1.82, 2.24) is 10.2 Å². The van der Waals surface area contributed by atoms with Gasteiger partial charge in [0, 0.05) is 12.6 Å². The van der Waals surface area contributed by atoms with Crippen molar-refractivity contribution < 1.29 is 9.53 Å². The van der Waals surface area contributed by atoms with Crippen LogP contribution in [0.25, 0.3) is 0 Å². The van der Waals surface area contributed by atoms with Gasteiger partial charge in [-0.1, -0.05) is 12.1 Å². The average Bonchev–Trinajstić information content (AvgIpc) is 2.48. The van der Waals surface area contributed by atoms with Crippen molar-refractivity contribution in [2.24, 2.45) is 5.92 Å². The Morgan fingerprint density at radius 2 is 2.10 bits per heavy atom. The van der Waals surface area contributed by atoms with Crippen molar-refractivity contribution in [3.05, 3.63) is 24.3 Å². The predicted molar refractivity (Wildman–Crippen MR) is 77.4 cm³/mol. The van der Waals surface area contributed by atoms with E-state index >= 15 is 0 Å². The van der Waals surface area contributed by atoms with Gasteiger partial charge in [-0.25, -0.2) is 0 Å². The molecule has 3 N–H and O–H groups in total. The van der Waals surface area contributed by atoms with Gasteiger partial charge in [0.1, 0.15) is 5.75 Å². The smallest absolute Gasteiger partial charge is 0.258 e. The fraction of sp³-hybridized carbons (Fsp3) is 0.533. The highest BCUT2D eigenvalue weighted by atomic mass is 16.5. The lowest BCUT2D eigenvalue weighted by atomic mass is 9.84. The van der Waals surface area contributed by atoms with E-state index in [1.807, 2.05) is 12.1 Å². The summed E-state index contributed by atoms with van der Waals surface area (Å²) in [5, 5.41) is 3.09. The topological polar surface area (TPSA) is 67.6 Å². The second-order valence-corrected chi connectivity index (χ2v) is 5.64. The predicted octanol–water partition coefficient (Wildman–Crippen LogP) is 0.858. The second-order valence-electron chi connectivity index (χ2n) is 5.64. The number of fused-ring (bicyclic) bond motifs is 3. The molecule has 1 aromatic rings. The van der Waals surface area contributed by atoms with Crippen LogP contribution in [0.1, 0.15) is 12.8 Å². The molecule has 108 valence electrons. The minimum Gasteiger partial charge on any atom is -0.482 e. The van der Waals surface area contributed by atoms with Gasteiger partial charge in [-0.3, -0.25) is 4.79 Å². The summed E-state index contributed by atoms with van der Waals surface area (Å²) in [5.41, 5.74) is 6.34. The highest BCUT2D eigenvalue weighted by molar-refractivity contribution is 5.78. The number of nitrogens with zero attached hydrogens (tertiary/aromatic N) is 1. The molecule has 0 spiro atoms. The summed E-state index contributed by atoms with van der Waals surface area (Å²) in [4.78, 5) is 14.4. The second kappa shape index (κ2) is 5.71. The van der Waals surface area contributed by atoms with E-state index in [1.54, 1.807) is 12.1 Å². The van der Waals surface area contributed by atoms with Gasteiger partial charge < -0.3 is 20.7 Å². The van der Waals surface area contributed by atoms with E-state index in [-0.39, 0.29) is 18.6 Å². The van der Waals surface area contributed by atoms with Crippen molar-refractivity contribution in [3.63, 3.8) is 0 Å². The Kier molecular flexibility index (Phi) is 3.78. The lowest BCUT2D eigenvalue weighted by molar-refractivity contribution is -0.125. The molecule has 4 rings (SSSR count). The van der Waals surface area contributed by atoms with E-state index in [4.69, 9.17) is 10.5 Å². The number of para-hydroxylation sites is 2. The van der Waals surface area contributed by atoms with E-state index in [1.165, 1.54) is 25.9 Å². The van der Waals surface area contributed by atoms with E-state index in [9.17, 15) is 4.79 Å². The number of carbonyl (C=O) groups is 1. The van der Waals surface area contributed by atoms with Crippen LogP contribution in [0.2, 0.25) is 0 Å². The summed E-state index contributed by atoms with van der Waals surface area (Å²) in [6.45, 7) is 3.35. The maximum absolute atomic E-state index is 12.0. The molecular formula is C15H21N3O2. The number of anilines is 1. The molecule has 3 saturated heterocycles. The molecule has 5 heteroatoms. The molecule has 0 saturated carbocycles. The SMILES string of the molecule is Nc1ccccc1OCC(=O)NC1CN2CCC1CC2. The van der Waals surface area contributed by atoms with Gasteiger partial charge in [-0.05, 0) is 44.0 Å². The van der Waals surface area contributed by atoms with E-state index in [0.29, 0.717) is 17.4 Å². The molecule has 2 bridgehead atoms. The average molecular weight is 275 g/mol. The summed E-state index contributed by atoms with van der Waals surface area (Å²) in [6.07, 6.45) is 2.38. The number of hydrogen-bond donors (Lipinski definition) is 2. The van der Waals surface area contributed by atoms with Gasteiger partial charge in [0.05, 0.1) is 5.69 Å². The number of hydrogen-bond acceptors (Lipinski definition) is 4. The van der Waals surface area contributed by atoms with Crippen LogP contribution in [0.3, 0.4) is 0 Å². The number of carbonyl (C=O) groups excluding carboxylic acids is 1. The first-order valence-electron chi connectivity index (χ1n) is 7.21. The lowest BCUT2D eigenvalue weighted by Gasteiger charge is -2.44. The first-order valence-corrected chi connectivity index (χ1v) is 7.21. The third-order valence-corrected chi connectivity index (χ3v) is 4.28. The Balaban J connectivity index is 1.49. The number of rotatable bonds is 4. The summed E-state index contributed by atoms with van der Waals surface area (Å²) in [7, 11) is 0. The third-order valence-electron chi connectivity index (χ3n) is 4.28. The van der Waals surface area contributed by atoms with Gasteiger partial charge in [0.15, 0.2) is 6.61 Å². The highest BCUT2D eigenvalue weighted by Crippen LogP contribution is 2.27. The molecule has 0 aliphatic carbocycles. The first-order chi connectivity index (χ1) is 9.72. The van der Waals surface area contributed by atoms with Crippen LogP contribution in [0.5, 0.6) is 5.75 Å². The number of nitrogen functional groups attached to an aromatic ring is 1. The molecule has 1 aromatic carbocycles. The van der Waals surface area contributed by atoms with E-state index in [2.05, 4.69) is 10.2 Å². The van der Waals surface area contributed by atoms with Crippen molar-refractivity contribution >= 4 is 11.6 Å². The van der Waals surface area contributed by atoms with Crippen molar-refractivity contribution in [2.45, 2.75) is 18.9 Å². The zero-order valence-electron chi connectivity index (χ0n) is 11.5. The first kappa shape index (κ1) is 13.2. The largest absolute Gasteiger partial charge is 0.482 e. The summed E-state index contributed by atoms with van der Waals surface area (Å²) in [5.74, 6) is 1.13. The van der Waals surface area contributed by atoms with Crippen LogP contribution in [-0.2, 0) is 4.79 Å². The van der Waals surface area contributed by atoms with Crippen LogP contribution in [0.4, 0.5) is 5.69 Å². The fourth-order valence-corrected chi connectivity index (χ4v) is 3.13. The normalized spacial score (nSPS) is 28.1. The summed E-state index contributed by atoms with van der Waals surface area (Å²) < 4.78 is 5.47. The maximum atomic E-state index is 12.0. The van der Waals surface area contributed by atoms with E-state index < -0.39 is 0 Å². The Hall–Kier alpha value is -1.75. The molecule has 0 radical (unpaired) electrons. The Morgan fingerprint density at radius 1 is 1.35 bits per heavy atom. The molecule has 3 fully saturated rings. The van der Waals surface area contributed by atoms with Gasteiger partial charge in [0.25, 0.3) is 5.91 Å². The minimum absolute atomic E-state index is 0.0252. The molecule has 1 amide bonds. The zero-order chi connectivity index (χ0) is 13.9. The molecule has 5 nitrogen and oxygen atoms in total. The molecule has 1 unspecified atom stereocenters. The third kappa shape index (κ3) is 2.88. The highest BCUT2D eigenvalue weighted by Gasteiger charge is 2.34. The standard InChI is InChI=1S/C15H21N3O2/c16-12-3-1-2-4-14(12)20-10-15(19)17-13-9-18-7-5-11(13)6-8-18/h1-4,11,13H,5-10,16H2,(H,17,19). The zero-order valence-corrected chi connectivity index (χ0v) is 11.5. The van der Waals surface area contributed by atoms with Crippen LogP contribution in [0.15, 0.2) is 24.3 Å². The Bertz CT molecular complexity index is 484. The molecule has 3 heterocycles. The number of nitrogens with one attached hydrogen (secondary N) is 1. The number of nitrogens with two attached hydrogens (primary N) is 1. The van der Waals surface area contributed by atoms with Gasteiger partial charge >= 0.3 is 0 Å². The number of piperidine rings is 3. The molecule has 3 aliphatic heterocycles. The van der Waals surface area contributed by atoms with Crippen molar-refractivity contribution in [3.8, 4) is 5.75 Å². The van der Waals surface area contributed by atoms with Crippen LogP contribution < -0.4 is 15.8 Å². The summed E-state index contributed by atoms with van der Waals surface area (Å²) in [6, 6.07) is 7.51. The number of benzene rings is 1. The van der Waals surface area contributed by atoms with Crippen LogP contribution >= 0.6 is 0 Å². The minimum atomic E-state index is -0.0630. The van der Waals surface area contributed by atoms with Gasteiger partial charge in [-0.15, -0.1) is 0 Å². The molecule has 3 aliphatic rings. The molecule has 1 atom stereocenters. The van der Waals surface area contributed by atoms with Crippen molar-refractivity contribution in [2.75, 3.05) is 32.0 Å². The summed E-state index contributed by atoms with van der Waals surface area (Å²) >= 11 is 0. The molecular weight excluding hydrogens is 254 g/mol. The van der Waals surface area contributed by atoms with Gasteiger partial charge in [-0.2, -0.15) is 0 Å². The fourth-order valence-electron chi connectivity index (χ4n) is 3.13. The lowest BCUT2D eigenvalue weighted by Crippen LogP contribution is -2.57. The monoisotopic (exact) mass is 275 g/mol. The number of ether oxygens (including phenoxy) is 1. The Morgan fingerprint density at radius 3 is 2.75 bits per heavy atom. The maximum Gasteiger partial charge on any atom is 0.258 e. The van der Waals surface area contributed by atoms with E-state index in [0.717, 1.165) is 6.54 Å². The van der Waals surface area contributed by atoms with Crippen LogP contribution in [-0.4, -0.2) is 43.1 Å². The number of amides is 1. The van der Waals surface area contributed by atoms with Crippen LogP contribution in [0, 0.1) is 5.92 Å². The Labute approximate surface area is 119 Å². The quantitative estimate of drug-likeness (QED) is 0.800. The molecule has 0 aromatic heterocycles. The van der Waals surface area contributed by atoms with Gasteiger partial charge in [0.2, 0.25) is 0 Å².